The molecule has 2 aromatic carbocycles. The van der Waals surface area contributed by atoms with Crippen molar-refractivity contribution in [3.8, 4) is 5.75 Å². The first-order chi connectivity index (χ1) is 13.0. The third-order valence-electron chi connectivity index (χ3n) is 4.29. The molecule has 3 rings (SSSR count). The Labute approximate surface area is 155 Å². The highest BCUT2D eigenvalue weighted by Gasteiger charge is 2.16. The lowest BCUT2D eigenvalue weighted by Crippen LogP contribution is -2.27. The second kappa shape index (κ2) is 7.86. The smallest absolute Gasteiger partial charge is 0.325 e. The first-order valence-corrected chi connectivity index (χ1v) is 8.42. The van der Waals surface area contributed by atoms with Crippen LogP contribution in [0.1, 0.15) is 24.1 Å². The fraction of sp³-hybridized carbons (Fsp3) is 0.263. The molecule has 140 valence electrons. The minimum atomic E-state index is -1.00. The van der Waals surface area contributed by atoms with E-state index in [2.05, 4.69) is 15.6 Å². The van der Waals surface area contributed by atoms with Gasteiger partial charge in [-0.3, -0.25) is 9.59 Å². The number of hydrogen-bond donors (Lipinski definition) is 2. The largest absolute Gasteiger partial charge is 0.497 e. The molecule has 0 saturated carbocycles. The maximum absolute atomic E-state index is 12.5. The minimum Gasteiger partial charge on any atom is -0.497 e. The molecule has 1 aromatic heterocycles. The van der Waals surface area contributed by atoms with Gasteiger partial charge in [-0.15, -0.1) is 5.10 Å². The lowest BCUT2D eigenvalue weighted by atomic mass is 9.97. The molecule has 0 bridgehead atoms. The number of carbonyl (C=O) groups is 2. The lowest BCUT2D eigenvalue weighted by Gasteiger charge is -2.13. The summed E-state index contributed by atoms with van der Waals surface area (Å²) in [5.74, 6) is -0.698. The molecule has 0 radical (unpaired) electrons. The van der Waals surface area contributed by atoms with Crippen molar-refractivity contribution in [2.75, 3.05) is 7.11 Å². The van der Waals surface area contributed by atoms with Crippen LogP contribution >= 0.6 is 0 Å². The fourth-order valence-corrected chi connectivity index (χ4v) is 2.76. The predicted molar refractivity (Wildman–Crippen MR) is 98.4 cm³/mol. The Hall–Kier alpha value is -3.42. The van der Waals surface area contributed by atoms with Crippen molar-refractivity contribution in [3.05, 3.63) is 53.9 Å². The van der Waals surface area contributed by atoms with E-state index in [0.717, 1.165) is 22.1 Å². The maximum Gasteiger partial charge on any atom is 0.325 e. The summed E-state index contributed by atoms with van der Waals surface area (Å²) >= 11 is 0. The molecule has 1 heterocycles. The Bertz CT molecular complexity index is 983. The zero-order valence-corrected chi connectivity index (χ0v) is 15.0. The van der Waals surface area contributed by atoms with Crippen LogP contribution in [0.2, 0.25) is 0 Å². The van der Waals surface area contributed by atoms with Gasteiger partial charge < -0.3 is 15.2 Å². The summed E-state index contributed by atoms with van der Waals surface area (Å²) in [5.41, 5.74) is 1.40. The molecule has 27 heavy (non-hydrogen) atoms. The average Bonchev–Trinajstić information content (AvgIpc) is 3.11. The monoisotopic (exact) mass is 368 g/mol. The number of hydrogen-bond acceptors (Lipinski definition) is 5. The number of amides is 1. The molecule has 8 heteroatoms. The number of carboxylic acids is 1. The SMILES string of the molecule is COc1ccc2cc([C@H](C)C(=O)NCc3cn(CC(=O)O)nn3)ccc2c1. The van der Waals surface area contributed by atoms with Crippen LogP contribution in [0.5, 0.6) is 5.75 Å². The number of aromatic nitrogens is 3. The molecule has 3 aromatic rings. The molecule has 0 saturated heterocycles. The average molecular weight is 368 g/mol. The van der Waals surface area contributed by atoms with E-state index < -0.39 is 5.97 Å². The summed E-state index contributed by atoms with van der Waals surface area (Å²) in [4.78, 5) is 23.1. The van der Waals surface area contributed by atoms with Crippen molar-refractivity contribution in [1.82, 2.24) is 20.3 Å². The second-order valence-electron chi connectivity index (χ2n) is 6.21. The summed E-state index contributed by atoms with van der Waals surface area (Å²) in [5, 5.41) is 21.2. The van der Waals surface area contributed by atoms with Gasteiger partial charge in [0.05, 0.1) is 25.8 Å². The van der Waals surface area contributed by atoms with E-state index >= 15 is 0 Å². The molecule has 0 aliphatic carbocycles. The van der Waals surface area contributed by atoms with Crippen LogP contribution in [0.15, 0.2) is 42.6 Å². The Morgan fingerprint density at radius 3 is 2.70 bits per heavy atom. The van der Waals surface area contributed by atoms with E-state index in [-0.39, 0.29) is 24.9 Å². The van der Waals surface area contributed by atoms with Crippen molar-refractivity contribution < 1.29 is 19.4 Å². The van der Waals surface area contributed by atoms with Gasteiger partial charge in [-0.05, 0) is 35.4 Å². The van der Waals surface area contributed by atoms with E-state index in [1.807, 2.05) is 43.3 Å². The molecule has 8 nitrogen and oxygen atoms in total. The van der Waals surface area contributed by atoms with E-state index in [9.17, 15) is 9.59 Å². The number of fused-ring (bicyclic) bond motifs is 1. The van der Waals surface area contributed by atoms with Crippen LogP contribution < -0.4 is 10.1 Å². The Kier molecular flexibility index (Phi) is 5.35. The van der Waals surface area contributed by atoms with E-state index in [1.54, 1.807) is 7.11 Å². The normalized spacial score (nSPS) is 11.9. The fourth-order valence-electron chi connectivity index (χ4n) is 2.76. The molecule has 2 N–H and O–H groups in total. The van der Waals surface area contributed by atoms with Crippen molar-refractivity contribution >= 4 is 22.6 Å². The molecular weight excluding hydrogens is 348 g/mol. The predicted octanol–water partition coefficient (Wildman–Crippen LogP) is 1.94. The van der Waals surface area contributed by atoms with Gasteiger partial charge in [0.15, 0.2) is 0 Å². The quantitative estimate of drug-likeness (QED) is 0.660. The number of rotatable bonds is 7. The van der Waals surface area contributed by atoms with Gasteiger partial charge in [-0.25, -0.2) is 4.68 Å². The van der Waals surface area contributed by atoms with Crippen LogP contribution in [0.3, 0.4) is 0 Å². The second-order valence-corrected chi connectivity index (χ2v) is 6.21. The number of aliphatic carboxylic acids is 1. The van der Waals surface area contributed by atoms with Gasteiger partial charge in [0.1, 0.15) is 18.0 Å². The van der Waals surface area contributed by atoms with Crippen molar-refractivity contribution in [3.63, 3.8) is 0 Å². The summed E-state index contributed by atoms with van der Waals surface area (Å²) in [6.45, 7) is 1.76. The number of nitrogens with zero attached hydrogens (tertiary/aromatic N) is 3. The number of ether oxygens (including phenoxy) is 1. The first kappa shape index (κ1) is 18.4. The highest BCUT2D eigenvalue weighted by Crippen LogP contribution is 2.25. The highest BCUT2D eigenvalue weighted by atomic mass is 16.5. The number of benzene rings is 2. The number of carboxylic acid groups (broad SMARTS) is 1. The topological polar surface area (TPSA) is 106 Å². The third kappa shape index (κ3) is 4.41. The summed E-state index contributed by atoms with van der Waals surface area (Å²) in [6, 6.07) is 11.7. The van der Waals surface area contributed by atoms with Crippen molar-refractivity contribution in [2.24, 2.45) is 0 Å². The van der Waals surface area contributed by atoms with Gasteiger partial charge in [-0.2, -0.15) is 0 Å². The standard InChI is InChI=1S/C19H20N4O4/c1-12(13-3-4-15-8-17(27-2)6-5-14(15)7-13)19(26)20-9-16-10-23(22-21-16)11-18(24)25/h3-8,10,12H,9,11H2,1-2H3,(H,20,26)(H,24,25)/t12-/m0/s1. The van der Waals surface area contributed by atoms with Gasteiger partial charge in [-0.1, -0.05) is 29.5 Å². The first-order valence-electron chi connectivity index (χ1n) is 8.42. The van der Waals surface area contributed by atoms with Crippen LogP contribution in [-0.2, 0) is 22.7 Å². The molecule has 0 fully saturated rings. The van der Waals surface area contributed by atoms with Gasteiger partial charge >= 0.3 is 5.97 Å². The molecule has 0 aliphatic heterocycles. The highest BCUT2D eigenvalue weighted by molar-refractivity contribution is 5.88. The molecule has 0 aliphatic rings. The molecule has 1 amide bonds. The van der Waals surface area contributed by atoms with Crippen molar-refractivity contribution in [2.45, 2.75) is 25.9 Å². The number of methoxy groups -OCH3 is 1. The Morgan fingerprint density at radius 1 is 1.22 bits per heavy atom. The Morgan fingerprint density at radius 2 is 1.96 bits per heavy atom. The molecular formula is C19H20N4O4. The molecule has 0 unspecified atom stereocenters. The lowest BCUT2D eigenvalue weighted by molar-refractivity contribution is -0.138. The number of nitrogens with one attached hydrogen (secondary N) is 1. The van der Waals surface area contributed by atoms with Crippen molar-refractivity contribution in [1.29, 1.82) is 0 Å². The number of carbonyl (C=O) groups excluding carboxylic acids is 1. The van der Waals surface area contributed by atoms with E-state index in [0.29, 0.717) is 5.69 Å². The summed E-state index contributed by atoms with van der Waals surface area (Å²) in [7, 11) is 1.63. The van der Waals surface area contributed by atoms with Crippen LogP contribution in [0.25, 0.3) is 10.8 Å². The van der Waals surface area contributed by atoms with Crippen LogP contribution in [0, 0.1) is 0 Å². The molecule has 0 spiro atoms. The van der Waals surface area contributed by atoms with E-state index in [4.69, 9.17) is 9.84 Å². The van der Waals surface area contributed by atoms with E-state index in [1.165, 1.54) is 10.9 Å². The van der Waals surface area contributed by atoms with Crippen LogP contribution in [-0.4, -0.2) is 39.1 Å². The zero-order valence-electron chi connectivity index (χ0n) is 15.0. The minimum absolute atomic E-state index is 0.143. The zero-order chi connectivity index (χ0) is 19.4. The van der Waals surface area contributed by atoms with Gasteiger partial charge in [0.25, 0.3) is 0 Å². The van der Waals surface area contributed by atoms with Gasteiger partial charge in [0, 0.05) is 0 Å². The summed E-state index contributed by atoms with van der Waals surface area (Å²) in [6.07, 6.45) is 1.50. The summed E-state index contributed by atoms with van der Waals surface area (Å²) < 4.78 is 6.44. The molecule has 1 atom stereocenters. The third-order valence-corrected chi connectivity index (χ3v) is 4.29. The van der Waals surface area contributed by atoms with Crippen LogP contribution in [0.4, 0.5) is 0 Å². The Balaban J connectivity index is 1.65. The maximum atomic E-state index is 12.5. The van der Waals surface area contributed by atoms with Gasteiger partial charge in [0.2, 0.25) is 5.91 Å².